The van der Waals surface area contributed by atoms with Gasteiger partial charge in [0.1, 0.15) is 5.60 Å². The van der Waals surface area contributed by atoms with Crippen molar-refractivity contribution >= 4 is 17.1 Å². The number of carbonyl (C=O) groups excluding carboxylic acids is 1. The lowest BCUT2D eigenvalue weighted by atomic mass is 9.57. The lowest BCUT2D eigenvalue weighted by molar-refractivity contribution is -0.626. The zero-order valence-corrected chi connectivity index (χ0v) is 18.3. The maximum Gasteiger partial charge on any atom is 0.372 e. The highest BCUT2D eigenvalue weighted by atomic mass is 32.2. The van der Waals surface area contributed by atoms with Crippen LogP contribution in [0.1, 0.15) is 61.0 Å². The Bertz CT molecular complexity index is 746. The summed E-state index contributed by atoms with van der Waals surface area (Å²) in [7, 11) is 0. The van der Waals surface area contributed by atoms with Crippen LogP contribution in [0.5, 0.6) is 0 Å². The molecule has 2 fully saturated rings. The molecule has 2 heterocycles. The molecule has 0 aromatic heterocycles. The number of carbonyl (C=O) groups is 1. The first kappa shape index (κ1) is 20.6. The molecule has 2 atom stereocenters. The van der Waals surface area contributed by atoms with Gasteiger partial charge in [-0.1, -0.05) is 46.8 Å². The van der Waals surface area contributed by atoms with E-state index >= 15 is 0 Å². The molecule has 0 amide bonds. The van der Waals surface area contributed by atoms with Gasteiger partial charge in [0.15, 0.2) is 5.60 Å². The van der Waals surface area contributed by atoms with Crippen LogP contribution in [0.4, 0.5) is 4.79 Å². The van der Waals surface area contributed by atoms with Crippen molar-refractivity contribution in [1.82, 2.24) is 0 Å². The third-order valence-electron chi connectivity index (χ3n) is 5.20. The maximum atomic E-state index is 12.2. The Kier molecular flexibility index (Phi) is 4.75. The van der Waals surface area contributed by atoms with E-state index < -0.39 is 17.0 Å². The molecular formula is C21H30O5S. The summed E-state index contributed by atoms with van der Waals surface area (Å²) in [4.78, 5) is 24.5. The van der Waals surface area contributed by atoms with Crippen molar-refractivity contribution in [2.45, 2.75) is 77.3 Å². The van der Waals surface area contributed by atoms with Crippen LogP contribution in [-0.2, 0) is 25.0 Å². The monoisotopic (exact) mass is 394 g/mol. The van der Waals surface area contributed by atoms with Gasteiger partial charge in [0.25, 0.3) is 5.79 Å². The van der Waals surface area contributed by atoms with Gasteiger partial charge >= 0.3 is 5.30 Å². The molecular weight excluding hydrogens is 364 g/mol. The van der Waals surface area contributed by atoms with Crippen LogP contribution in [-0.4, -0.2) is 23.1 Å². The van der Waals surface area contributed by atoms with Crippen molar-refractivity contribution in [1.29, 1.82) is 0 Å². The summed E-state index contributed by atoms with van der Waals surface area (Å²) in [6.45, 7) is 16.8. The van der Waals surface area contributed by atoms with Gasteiger partial charge in [-0.25, -0.2) is 9.68 Å². The van der Waals surface area contributed by atoms with Crippen LogP contribution in [0, 0.1) is 10.8 Å². The maximum absolute atomic E-state index is 12.2. The first-order valence-electron chi connectivity index (χ1n) is 9.26. The van der Waals surface area contributed by atoms with E-state index in [1.807, 2.05) is 45.0 Å². The molecule has 27 heavy (non-hydrogen) atoms. The van der Waals surface area contributed by atoms with Gasteiger partial charge in [0.05, 0.1) is 6.61 Å². The summed E-state index contributed by atoms with van der Waals surface area (Å²) < 4.78 is 11.6. The fourth-order valence-corrected chi connectivity index (χ4v) is 5.18. The lowest BCUT2D eigenvalue weighted by Crippen LogP contribution is -2.73. The van der Waals surface area contributed by atoms with Crippen molar-refractivity contribution in [2.24, 2.45) is 10.8 Å². The molecule has 150 valence electrons. The third-order valence-corrected chi connectivity index (χ3v) is 5.94. The number of ether oxygens (including phenoxy) is 2. The molecule has 2 aliphatic heterocycles. The van der Waals surface area contributed by atoms with E-state index in [1.165, 1.54) is 0 Å². The van der Waals surface area contributed by atoms with E-state index in [-0.39, 0.29) is 16.1 Å². The molecule has 0 aliphatic carbocycles. The number of benzene rings is 1. The van der Waals surface area contributed by atoms with Crippen molar-refractivity contribution in [2.75, 3.05) is 6.61 Å². The fraction of sp³-hybridized carbons (Fsp3) is 0.667. The molecule has 5 nitrogen and oxygen atoms in total. The second kappa shape index (κ2) is 6.21. The Hall–Kier alpha value is -1.08. The molecule has 0 spiro atoms. The Morgan fingerprint density at radius 3 is 2.30 bits per heavy atom. The number of hydrogen-bond donors (Lipinski definition) is 0. The quantitative estimate of drug-likeness (QED) is 0.366. The molecule has 2 aliphatic rings. The van der Waals surface area contributed by atoms with Gasteiger partial charge in [0.2, 0.25) is 0 Å². The first-order valence-corrected chi connectivity index (χ1v) is 10.1. The minimum atomic E-state index is -0.987. The lowest BCUT2D eigenvalue weighted by Gasteiger charge is -2.61. The topological polar surface area (TPSA) is 54.0 Å². The van der Waals surface area contributed by atoms with Crippen LogP contribution >= 0.6 is 11.8 Å². The zero-order valence-electron chi connectivity index (χ0n) is 17.5. The van der Waals surface area contributed by atoms with Crippen molar-refractivity contribution in [3.8, 4) is 0 Å². The second-order valence-corrected chi connectivity index (χ2v) is 11.0. The largest absolute Gasteiger partial charge is 0.452 e. The standard InChI is InChI=1S/C21H30O5S/c1-17(2,3)21-19(7,8)13-23-20(21,25-26-21)14-10-9-11-15(12-14)27-16(22)24-18(4,5)6/h9-12H,13H2,1-8H3. The van der Waals surface area contributed by atoms with Gasteiger partial charge in [-0.05, 0) is 44.7 Å². The highest BCUT2D eigenvalue weighted by Gasteiger charge is 2.81. The average molecular weight is 395 g/mol. The van der Waals surface area contributed by atoms with E-state index in [0.717, 1.165) is 22.2 Å². The molecule has 0 bridgehead atoms. The van der Waals surface area contributed by atoms with Crippen molar-refractivity contribution in [3.05, 3.63) is 29.8 Å². The summed E-state index contributed by atoms with van der Waals surface area (Å²) in [6.07, 6.45) is 0. The fourth-order valence-electron chi connectivity index (χ4n) is 4.37. The number of rotatable bonds is 2. The van der Waals surface area contributed by atoms with E-state index in [0.29, 0.717) is 6.61 Å². The minimum absolute atomic E-state index is 0.223. The SMILES string of the molecule is CC(C)(C)OC(=O)Sc1cccc(C23OCC(C)(C)C2(C(C)(C)C)OO3)c1. The molecule has 6 heteroatoms. The van der Waals surface area contributed by atoms with Crippen LogP contribution in [0.2, 0.25) is 0 Å². The molecule has 0 saturated carbocycles. The van der Waals surface area contributed by atoms with Gasteiger partial charge in [0, 0.05) is 21.3 Å². The van der Waals surface area contributed by atoms with Gasteiger partial charge in [-0.15, -0.1) is 0 Å². The molecule has 0 radical (unpaired) electrons. The number of hydrogen-bond acceptors (Lipinski definition) is 6. The molecule has 2 saturated heterocycles. The highest BCUT2D eigenvalue weighted by molar-refractivity contribution is 8.13. The van der Waals surface area contributed by atoms with Crippen molar-refractivity contribution in [3.63, 3.8) is 0 Å². The average Bonchev–Trinajstić information content (AvgIpc) is 2.59. The Labute approximate surface area is 166 Å². The number of thioether (sulfide) groups is 1. The zero-order chi connectivity index (χ0) is 20.3. The summed E-state index contributed by atoms with van der Waals surface area (Å²) in [5.41, 5.74) is -0.770. The number of fused-ring (bicyclic) bond motifs is 1. The summed E-state index contributed by atoms with van der Waals surface area (Å²) in [5.74, 6) is -0.987. The predicted molar refractivity (Wildman–Crippen MR) is 104 cm³/mol. The van der Waals surface area contributed by atoms with Crippen LogP contribution in [0.25, 0.3) is 0 Å². The molecule has 0 N–H and O–H groups in total. The molecule has 3 rings (SSSR count). The van der Waals surface area contributed by atoms with Crippen LogP contribution in [0.3, 0.4) is 0 Å². The van der Waals surface area contributed by atoms with E-state index in [2.05, 4.69) is 34.6 Å². The van der Waals surface area contributed by atoms with E-state index in [9.17, 15) is 4.79 Å². The van der Waals surface area contributed by atoms with E-state index in [4.69, 9.17) is 19.2 Å². The molecule has 2 unspecified atom stereocenters. The predicted octanol–water partition coefficient (Wildman–Crippen LogP) is 5.67. The normalized spacial score (nSPS) is 29.8. The Morgan fingerprint density at radius 1 is 1.11 bits per heavy atom. The Balaban J connectivity index is 1.94. The smallest absolute Gasteiger partial charge is 0.372 e. The first-order chi connectivity index (χ1) is 12.2. The summed E-state index contributed by atoms with van der Waals surface area (Å²) in [6, 6.07) is 7.68. The summed E-state index contributed by atoms with van der Waals surface area (Å²) in [5, 5.41) is -0.335. The van der Waals surface area contributed by atoms with Crippen LogP contribution < -0.4 is 0 Å². The van der Waals surface area contributed by atoms with Gasteiger partial charge in [-0.2, -0.15) is 4.89 Å². The molecule has 1 aromatic carbocycles. The molecule has 1 aromatic rings. The minimum Gasteiger partial charge on any atom is -0.452 e. The second-order valence-electron chi connectivity index (χ2n) is 9.98. The Morgan fingerprint density at radius 2 is 1.78 bits per heavy atom. The van der Waals surface area contributed by atoms with Gasteiger partial charge in [-0.3, -0.25) is 0 Å². The van der Waals surface area contributed by atoms with Gasteiger partial charge < -0.3 is 9.47 Å². The van der Waals surface area contributed by atoms with Crippen LogP contribution in [0.15, 0.2) is 29.2 Å². The third kappa shape index (κ3) is 3.11. The summed E-state index contributed by atoms with van der Waals surface area (Å²) >= 11 is 1.06. The highest BCUT2D eigenvalue weighted by Crippen LogP contribution is 2.69. The van der Waals surface area contributed by atoms with E-state index in [1.54, 1.807) is 0 Å². The van der Waals surface area contributed by atoms with Crippen molar-refractivity contribution < 1.29 is 24.0 Å².